The number of hydrogen-bond donors (Lipinski definition) is 3. The lowest BCUT2D eigenvalue weighted by molar-refractivity contribution is 0.0928. The molecule has 2 amide bonds. The second-order valence-electron chi connectivity index (χ2n) is 5.51. The van der Waals surface area contributed by atoms with Gasteiger partial charge in [-0.3, -0.25) is 9.59 Å². The number of benzene rings is 1. The van der Waals surface area contributed by atoms with Crippen LogP contribution in [0.2, 0.25) is 0 Å². The van der Waals surface area contributed by atoms with Gasteiger partial charge < -0.3 is 20.4 Å². The van der Waals surface area contributed by atoms with Crippen LogP contribution in [0.4, 0.5) is 5.69 Å². The molecule has 2 heterocycles. The van der Waals surface area contributed by atoms with Crippen LogP contribution in [0, 0.1) is 0 Å². The highest BCUT2D eigenvalue weighted by Gasteiger charge is 2.17. The zero-order chi connectivity index (χ0) is 16.1. The van der Waals surface area contributed by atoms with Gasteiger partial charge in [0.2, 0.25) is 0 Å². The summed E-state index contributed by atoms with van der Waals surface area (Å²) >= 11 is 0. The maximum atomic E-state index is 12.3. The van der Waals surface area contributed by atoms with Crippen molar-refractivity contribution < 1.29 is 14.0 Å². The minimum absolute atomic E-state index is 0. The van der Waals surface area contributed by atoms with E-state index in [0.29, 0.717) is 11.3 Å². The molecule has 1 aliphatic heterocycles. The number of rotatable bonds is 4. The number of halogens is 1. The average molecular weight is 350 g/mol. The number of carbonyl (C=O) groups is 2. The molecule has 0 atom stereocenters. The van der Waals surface area contributed by atoms with Crippen molar-refractivity contribution in [2.45, 2.75) is 18.9 Å². The molecular formula is C17H20ClN3O3. The summed E-state index contributed by atoms with van der Waals surface area (Å²) in [4.78, 5) is 24.3. The Morgan fingerprint density at radius 3 is 2.58 bits per heavy atom. The zero-order valence-corrected chi connectivity index (χ0v) is 13.9. The Morgan fingerprint density at radius 1 is 1.08 bits per heavy atom. The van der Waals surface area contributed by atoms with Gasteiger partial charge in [0.05, 0.1) is 6.26 Å². The summed E-state index contributed by atoms with van der Waals surface area (Å²) in [7, 11) is 0. The van der Waals surface area contributed by atoms with Gasteiger partial charge in [0, 0.05) is 17.3 Å². The van der Waals surface area contributed by atoms with Crippen LogP contribution >= 0.6 is 12.4 Å². The number of nitrogens with one attached hydrogen (secondary N) is 3. The Hall–Kier alpha value is -2.31. The quantitative estimate of drug-likeness (QED) is 0.791. The fourth-order valence-electron chi connectivity index (χ4n) is 2.57. The van der Waals surface area contributed by atoms with Crippen LogP contribution in [0.1, 0.15) is 33.8 Å². The third kappa shape index (κ3) is 4.59. The van der Waals surface area contributed by atoms with Gasteiger partial charge in [-0.25, -0.2) is 0 Å². The molecule has 0 radical (unpaired) electrons. The lowest BCUT2D eigenvalue weighted by atomic mass is 10.1. The Morgan fingerprint density at radius 2 is 1.88 bits per heavy atom. The highest BCUT2D eigenvalue weighted by atomic mass is 35.5. The first-order chi connectivity index (χ1) is 11.2. The average Bonchev–Trinajstić information content (AvgIpc) is 3.11. The third-order valence-electron chi connectivity index (χ3n) is 3.80. The second-order valence-corrected chi connectivity index (χ2v) is 5.51. The van der Waals surface area contributed by atoms with Crippen LogP contribution in [0.15, 0.2) is 47.1 Å². The minimum Gasteiger partial charge on any atom is -0.459 e. The maximum Gasteiger partial charge on any atom is 0.291 e. The van der Waals surface area contributed by atoms with Crippen LogP contribution in [0.25, 0.3) is 0 Å². The van der Waals surface area contributed by atoms with E-state index >= 15 is 0 Å². The summed E-state index contributed by atoms with van der Waals surface area (Å²) in [5, 5.41) is 9.02. The van der Waals surface area contributed by atoms with Gasteiger partial charge in [-0.15, -0.1) is 12.4 Å². The van der Waals surface area contributed by atoms with Gasteiger partial charge in [-0.2, -0.15) is 0 Å². The highest BCUT2D eigenvalue weighted by molar-refractivity contribution is 6.03. The van der Waals surface area contributed by atoms with E-state index < -0.39 is 0 Å². The van der Waals surface area contributed by atoms with Gasteiger partial charge in [0.25, 0.3) is 11.8 Å². The number of carbonyl (C=O) groups excluding carboxylic acids is 2. The van der Waals surface area contributed by atoms with E-state index in [2.05, 4.69) is 16.0 Å². The van der Waals surface area contributed by atoms with Crippen molar-refractivity contribution in [1.29, 1.82) is 0 Å². The molecule has 24 heavy (non-hydrogen) atoms. The van der Waals surface area contributed by atoms with Gasteiger partial charge >= 0.3 is 0 Å². The largest absolute Gasteiger partial charge is 0.459 e. The maximum absolute atomic E-state index is 12.3. The molecule has 2 aromatic rings. The van der Waals surface area contributed by atoms with Gasteiger partial charge in [0.1, 0.15) is 0 Å². The van der Waals surface area contributed by atoms with E-state index in [0.717, 1.165) is 25.9 Å². The molecule has 6 nitrogen and oxygen atoms in total. The number of amides is 2. The highest BCUT2D eigenvalue weighted by Crippen LogP contribution is 2.13. The molecule has 1 saturated heterocycles. The molecule has 3 N–H and O–H groups in total. The molecule has 1 aliphatic rings. The minimum atomic E-state index is -0.342. The second kappa shape index (κ2) is 8.52. The lowest BCUT2D eigenvalue weighted by Crippen LogP contribution is -2.42. The standard InChI is InChI=1S/C17H19N3O3.ClH/c21-16(19-13-6-8-18-9-7-13)12-3-1-4-14(11-12)20-17(22)15-5-2-10-23-15;/h1-5,10-11,13,18H,6-9H2,(H,19,21)(H,20,22);1H. The molecule has 0 spiro atoms. The molecule has 0 bridgehead atoms. The molecule has 0 saturated carbocycles. The van der Waals surface area contributed by atoms with Crippen molar-refractivity contribution in [3.05, 3.63) is 54.0 Å². The summed E-state index contributed by atoms with van der Waals surface area (Å²) in [6.07, 6.45) is 3.30. The van der Waals surface area contributed by atoms with Crippen molar-refractivity contribution in [3.63, 3.8) is 0 Å². The van der Waals surface area contributed by atoms with Crippen LogP contribution < -0.4 is 16.0 Å². The molecule has 0 aliphatic carbocycles. The first kappa shape index (κ1) is 18.0. The number of piperidine rings is 1. The third-order valence-corrected chi connectivity index (χ3v) is 3.80. The van der Waals surface area contributed by atoms with Crippen molar-refractivity contribution in [2.75, 3.05) is 18.4 Å². The number of anilines is 1. The zero-order valence-electron chi connectivity index (χ0n) is 13.1. The fraction of sp³-hybridized carbons (Fsp3) is 0.294. The first-order valence-corrected chi connectivity index (χ1v) is 7.69. The molecule has 1 aromatic carbocycles. The van der Waals surface area contributed by atoms with E-state index in [1.54, 1.807) is 36.4 Å². The van der Waals surface area contributed by atoms with Crippen molar-refractivity contribution in [3.8, 4) is 0 Å². The van der Waals surface area contributed by atoms with Crippen molar-refractivity contribution in [2.24, 2.45) is 0 Å². The SMILES string of the molecule is Cl.O=C(NC1CCNCC1)c1cccc(NC(=O)c2ccco2)c1. The monoisotopic (exact) mass is 349 g/mol. The van der Waals surface area contributed by atoms with Gasteiger partial charge in [-0.05, 0) is 56.3 Å². The molecular weight excluding hydrogens is 330 g/mol. The Bertz CT molecular complexity index is 682. The number of furan rings is 1. The summed E-state index contributed by atoms with van der Waals surface area (Å²) in [6.45, 7) is 1.84. The molecule has 128 valence electrons. The van der Waals surface area contributed by atoms with Crippen LogP contribution in [0.5, 0.6) is 0 Å². The van der Waals surface area contributed by atoms with E-state index in [4.69, 9.17) is 4.42 Å². The van der Waals surface area contributed by atoms with Crippen molar-refractivity contribution in [1.82, 2.24) is 10.6 Å². The molecule has 1 fully saturated rings. The summed E-state index contributed by atoms with van der Waals surface area (Å²) in [5.41, 5.74) is 1.09. The topological polar surface area (TPSA) is 83.4 Å². The van der Waals surface area contributed by atoms with E-state index in [9.17, 15) is 9.59 Å². The van der Waals surface area contributed by atoms with Gasteiger partial charge in [-0.1, -0.05) is 6.07 Å². The normalized spacial score (nSPS) is 14.5. The summed E-state index contributed by atoms with van der Waals surface area (Å²) in [6, 6.07) is 10.3. The van der Waals surface area contributed by atoms with E-state index in [1.807, 2.05) is 0 Å². The van der Waals surface area contributed by atoms with E-state index in [1.165, 1.54) is 6.26 Å². The van der Waals surface area contributed by atoms with Crippen LogP contribution in [-0.2, 0) is 0 Å². The Kier molecular flexibility index (Phi) is 6.40. The molecule has 3 rings (SSSR count). The molecule has 0 unspecified atom stereocenters. The summed E-state index contributed by atoms with van der Waals surface area (Å²) in [5.74, 6) is -0.230. The Labute approximate surface area is 146 Å². The first-order valence-electron chi connectivity index (χ1n) is 7.69. The number of hydrogen-bond acceptors (Lipinski definition) is 4. The molecule has 7 heteroatoms. The predicted molar refractivity (Wildman–Crippen MR) is 93.7 cm³/mol. The molecule has 1 aromatic heterocycles. The van der Waals surface area contributed by atoms with Gasteiger partial charge in [0.15, 0.2) is 5.76 Å². The van der Waals surface area contributed by atoms with E-state index in [-0.39, 0.29) is 36.0 Å². The Balaban J connectivity index is 0.00000208. The van der Waals surface area contributed by atoms with Crippen LogP contribution in [-0.4, -0.2) is 30.9 Å². The summed E-state index contributed by atoms with van der Waals surface area (Å²) < 4.78 is 5.05. The fourth-order valence-corrected chi connectivity index (χ4v) is 2.57. The lowest BCUT2D eigenvalue weighted by Gasteiger charge is -2.23. The van der Waals surface area contributed by atoms with Crippen LogP contribution in [0.3, 0.4) is 0 Å². The van der Waals surface area contributed by atoms with Crippen molar-refractivity contribution >= 4 is 29.9 Å². The predicted octanol–water partition coefficient (Wildman–Crippen LogP) is 2.44. The smallest absolute Gasteiger partial charge is 0.291 e.